The van der Waals surface area contributed by atoms with Crippen LogP contribution in [-0.2, 0) is 19.5 Å². The van der Waals surface area contributed by atoms with E-state index in [-0.39, 0.29) is 11.9 Å². The Morgan fingerprint density at radius 3 is 2.88 bits per heavy atom. The molecule has 26 heavy (non-hydrogen) atoms. The van der Waals surface area contributed by atoms with Gasteiger partial charge < -0.3 is 19.7 Å². The van der Waals surface area contributed by atoms with E-state index in [1.807, 2.05) is 6.92 Å². The zero-order valence-electron chi connectivity index (χ0n) is 16.1. The maximum absolute atomic E-state index is 12.2. The standard InChI is InChI=1S/C17H34N4O4S/c1-3-24-14-15-7-9-21(13-15)17(18-2)19-8-11-26(22,23)20-12-16-6-4-5-10-25-16/h15-16,20H,3-14H2,1-2H3,(H,18,19). The Morgan fingerprint density at radius 1 is 1.35 bits per heavy atom. The van der Waals surface area contributed by atoms with Gasteiger partial charge in [0.2, 0.25) is 10.0 Å². The van der Waals surface area contributed by atoms with E-state index in [0.29, 0.717) is 19.0 Å². The second kappa shape index (κ2) is 11.1. The van der Waals surface area contributed by atoms with E-state index in [9.17, 15) is 8.42 Å². The predicted octanol–water partition coefficient (Wildman–Crippen LogP) is 0.409. The smallest absolute Gasteiger partial charge is 0.213 e. The molecule has 0 spiro atoms. The molecule has 0 amide bonds. The molecule has 2 saturated heterocycles. The third-order valence-corrected chi connectivity index (χ3v) is 6.16. The molecule has 2 atom stereocenters. The van der Waals surface area contributed by atoms with Gasteiger partial charge in [-0.1, -0.05) is 0 Å². The molecular formula is C17H34N4O4S. The van der Waals surface area contributed by atoms with Crippen LogP contribution < -0.4 is 10.0 Å². The highest BCUT2D eigenvalue weighted by Gasteiger charge is 2.25. The van der Waals surface area contributed by atoms with Crippen LogP contribution >= 0.6 is 0 Å². The summed E-state index contributed by atoms with van der Waals surface area (Å²) >= 11 is 0. The molecule has 8 nitrogen and oxygen atoms in total. The Kier molecular flexibility index (Phi) is 9.10. The van der Waals surface area contributed by atoms with Gasteiger partial charge in [-0.2, -0.15) is 0 Å². The first-order chi connectivity index (χ1) is 12.5. The van der Waals surface area contributed by atoms with Crippen LogP contribution in [0.15, 0.2) is 4.99 Å². The highest BCUT2D eigenvalue weighted by molar-refractivity contribution is 7.89. The molecule has 152 valence electrons. The Labute approximate surface area is 157 Å². The first-order valence-electron chi connectivity index (χ1n) is 9.66. The fourth-order valence-electron chi connectivity index (χ4n) is 3.34. The van der Waals surface area contributed by atoms with E-state index in [1.54, 1.807) is 7.05 Å². The fraction of sp³-hybridized carbons (Fsp3) is 0.941. The maximum atomic E-state index is 12.2. The van der Waals surface area contributed by atoms with Crippen molar-refractivity contribution >= 4 is 16.0 Å². The van der Waals surface area contributed by atoms with Gasteiger partial charge in [-0.05, 0) is 32.6 Å². The van der Waals surface area contributed by atoms with Crippen LogP contribution in [0.2, 0.25) is 0 Å². The molecule has 2 unspecified atom stereocenters. The summed E-state index contributed by atoms with van der Waals surface area (Å²) in [6.45, 7) is 6.74. The zero-order chi connectivity index (χ0) is 18.8. The summed E-state index contributed by atoms with van der Waals surface area (Å²) in [5, 5.41) is 3.17. The number of rotatable bonds is 9. The average molecular weight is 391 g/mol. The van der Waals surface area contributed by atoms with E-state index in [4.69, 9.17) is 9.47 Å². The molecule has 9 heteroatoms. The summed E-state index contributed by atoms with van der Waals surface area (Å²) in [7, 11) is -1.59. The molecule has 0 bridgehead atoms. The normalized spacial score (nSPS) is 24.8. The molecule has 2 fully saturated rings. The summed E-state index contributed by atoms with van der Waals surface area (Å²) in [4.78, 5) is 6.45. The number of nitrogens with zero attached hydrogens (tertiary/aromatic N) is 2. The highest BCUT2D eigenvalue weighted by atomic mass is 32.2. The van der Waals surface area contributed by atoms with Crippen LogP contribution in [0.1, 0.15) is 32.6 Å². The van der Waals surface area contributed by atoms with E-state index >= 15 is 0 Å². The van der Waals surface area contributed by atoms with Gasteiger partial charge in [-0.25, -0.2) is 13.1 Å². The van der Waals surface area contributed by atoms with Crippen LogP contribution in [0.25, 0.3) is 0 Å². The number of ether oxygens (including phenoxy) is 2. The molecule has 0 radical (unpaired) electrons. The number of hydrogen-bond donors (Lipinski definition) is 2. The predicted molar refractivity (Wildman–Crippen MR) is 103 cm³/mol. The van der Waals surface area contributed by atoms with Crippen molar-refractivity contribution < 1.29 is 17.9 Å². The van der Waals surface area contributed by atoms with Crippen LogP contribution in [-0.4, -0.2) is 84.2 Å². The number of nitrogens with one attached hydrogen (secondary N) is 2. The van der Waals surface area contributed by atoms with Gasteiger partial charge in [0.15, 0.2) is 5.96 Å². The summed E-state index contributed by atoms with van der Waals surface area (Å²) in [6.07, 6.45) is 4.16. The minimum absolute atomic E-state index is 0.00567. The summed E-state index contributed by atoms with van der Waals surface area (Å²) in [5.74, 6) is 1.29. The first kappa shape index (κ1) is 21.4. The van der Waals surface area contributed by atoms with Crippen molar-refractivity contribution in [1.29, 1.82) is 0 Å². The Hall–Kier alpha value is -0.900. The van der Waals surface area contributed by atoms with Crippen molar-refractivity contribution in [1.82, 2.24) is 14.9 Å². The van der Waals surface area contributed by atoms with Gasteiger partial charge in [0.05, 0.1) is 18.5 Å². The van der Waals surface area contributed by atoms with E-state index in [2.05, 4.69) is 19.9 Å². The minimum atomic E-state index is -3.32. The largest absolute Gasteiger partial charge is 0.381 e. The lowest BCUT2D eigenvalue weighted by molar-refractivity contribution is 0.0200. The maximum Gasteiger partial charge on any atom is 0.213 e. The number of aliphatic imine (C=N–C) groups is 1. The molecule has 0 aromatic carbocycles. The number of sulfonamides is 1. The van der Waals surface area contributed by atoms with Gasteiger partial charge in [0.25, 0.3) is 0 Å². The van der Waals surface area contributed by atoms with E-state index in [0.717, 1.165) is 64.6 Å². The van der Waals surface area contributed by atoms with Gasteiger partial charge in [-0.15, -0.1) is 0 Å². The summed E-state index contributed by atoms with van der Waals surface area (Å²) in [5.41, 5.74) is 0. The average Bonchev–Trinajstić information content (AvgIpc) is 3.11. The van der Waals surface area contributed by atoms with Crippen LogP contribution in [0, 0.1) is 5.92 Å². The molecule has 0 aliphatic carbocycles. The minimum Gasteiger partial charge on any atom is -0.381 e. The van der Waals surface area contributed by atoms with Crippen molar-refractivity contribution in [2.75, 3.05) is 58.8 Å². The fourth-order valence-corrected chi connectivity index (χ4v) is 4.29. The lowest BCUT2D eigenvalue weighted by Crippen LogP contribution is -2.44. The number of likely N-dealkylation sites (tertiary alicyclic amines) is 1. The van der Waals surface area contributed by atoms with E-state index in [1.165, 1.54) is 0 Å². The van der Waals surface area contributed by atoms with Crippen molar-refractivity contribution in [2.45, 2.75) is 38.7 Å². The SMILES string of the molecule is CCOCC1CCN(C(=NC)NCCS(=O)(=O)NCC2CCCCO2)C1. The third kappa shape index (κ3) is 7.38. The zero-order valence-corrected chi connectivity index (χ0v) is 16.9. The Balaban J connectivity index is 1.67. The quantitative estimate of drug-likeness (QED) is 0.438. The molecule has 2 heterocycles. The van der Waals surface area contributed by atoms with Crippen LogP contribution in [0.4, 0.5) is 0 Å². The van der Waals surface area contributed by atoms with Gasteiger partial charge >= 0.3 is 0 Å². The molecule has 2 N–H and O–H groups in total. The van der Waals surface area contributed by atoms with Crippen LogP contribution in [0.5, 0.6) is 0 Å². The molecule has 2 rings (SSSR count). The Morgan fingerprint density at radius 2 is 2.19 bits per heavy atom. The lowest BCUT2D eigenvalue weighted by atomic mass is 10.1. The first-order valence-corrected chi connectivity index (χ1v) is 11.3. The summed E-state index contributed by atoms with van der Waals surface area (Å²) < 4.78 is 38.0. The van der Waals surface area contributed by atoms with Gasteiger partial charge in [-0.3, -0.25) is 4.99 Å². The topological polar surface area (TPSA) is 92.3 Å². The van der Waals surface area contributed by atoms with Crippen LogP contribution in [0.3, 0.4) is 0 Å². The van der Waals surface area contributed by atoms with Crippen molar-refractivity contribution in [3.8, 4) is 0 Å². The summed E-state index contributed by atoms with van der Waals surface area (Å²) in [6, 6.07) is 0. The van der Waals surface area contributed by atoms with E-state index < -0.39 is 10.0 Å². The molecule has 2 aliphatic rings. The number of guanidine groups is 1. The molecular weight excluding hydrogens is 356 g/mol. The highest BCUT2D eigenvalue weighted by Crippen LogP contribution is 2.16. The molecule has 0 saturated carbocycles. The third-order valence-electron chi connectivity index (χ3n) is 4.81. The van der Waals surface area contributed by atoms with Gasteiger partial charge in [0, 0.05) is 52.4 Å². The second-order valence-corrected chi connectivity index (χ2v) is 8.82. The van der Waals surface area contributed by atoms with Crippen molar-refractivity contribution in [3.63, 3.8) is 0 Å². The molecule has 0 aromatic heterocycles. The Bertz CT molecular complexity index is 535. The lowest BCUT2D eigenvalue weighted by Gasteiger charge is -2.23. The number of hydrogen-bond acceptors (Lipinski definition) is 5. The molecule has 0 aromatic rings. The molecule has 2 aliphatic heterocycles. The van der Waals surface area contributed by atoms with Crippen molar-refractivity contribution in [3.05, 3.63) is 0 Å². The van der Waals surface area contributed by atoms with Gasteiger partial charge in [0.1, 0.15) is 0 Å². The second-order valence-electron chi connectivity index (χ2n) is 6.89. The monoisotopic (exact) mass is 390 g/mol. The van der Waals surface area contributed by atoms with Crippen molar-refractivity contribution in [2.24, 2.45) is 10.9 Å².